The highest BCUT2D eigenvalue weighted by Crippen LogP contribution is 2.44. The summed E-state index contributed by atoms with van der Waals surface area (Å²) in [5.74, 6) is 0.920. The first-order valence-electron chi connectivity index (χ1n) is 6.59. The molecule has 1 amide bonds. The van der Waals surface area contributed by atoms with Crippen LogP contribution in [0.1, 0.15) is 39.5 Å². The van der Waals surface area contributed by atoms with Gasteiger partial charge in [-0.2, -0.15) is 0 Å². The average Bonchev–Trinajstić information content (AvgIpc) is 3.05. The highest BCUT2D eigenvalue weighted by Gasteiger charge is 2.42. The summed E-state index contributed by atoms with van der Waals surface area (Å²) in [5.41, 5.74) is 5.66. The lowest BCUT2D eigenvalue weighted by atomic mass is 9.94. The van der Waals surface area contributed by atoms with Gasteiger partial charge in [0.25, 0.3) is 0 Å². The Morgan fingerprint density at radius 1 is 1.47 bits per heavy atom. The van der Waals surface area contributed by atoms with Gasteiger partial charge in [0.2, 0.25) is 5.91 Å². The van der Waals surface area contributed by atoms with Crippen molar-refractivity contribution in [2.75, 3.05) is 19.7 Å². The third-order valence-electron chi connectivity index (χ3n) is 3.57. The van der Waals surface area contributed by atoms with Crippen molar-refractivity contribution in [3.63, 3.8) is 0 Å². The molecule has 0 aromatic carbocycles. The molecule has 1 aliphatic rings. The molecule has 100 valence electrons. The van der Waals surface area contributed by atoms with E-state index in [1.165, 1.54) is 0 Å². The molecule has 0 bridgehead atoms. The third-order valence-corrected chi connectivity index (χ3v) is 3.57. The minimum absolute atomic E-state index is 0.00802. The lowest BCUT2D eigenvalue weighted by molar-refractivity contribution is -0.122. The number of amides is 1. The van der Waals surface area contributed by atoms with Crippen LogP contribution in [-0.4, -0.2) is 30.7 Å². The quantitative estimate of drug-likeness (QED) is 0.591. The van der Waals surface area contributed by atoms with Gasteiger partial charge in [-0.1, -0.05) is 13.8 Å². The molecule has 0 spiro atoms. The summed E-state index contributed by atoms with van der Waals surface area (Å²) in [5, 5.41) is 12.1. The molecule has 17 heavy (non-hydrogen) atoms. The summed E-state index contributed by atoms with van der Waals surface area (Å²) < 4.78 is 0. The molecule has 0 heterocycles. The molecule has 4 N–H and O–H groups in total. The highest BCUT2D eigenvalue weighted by molar-refractivity contribution is 5.76. The Morgan fingerprint density at radius 2 is 2.12 bits per heavy atom. The maximum atomic E-state index is 11.7. The fourth-order valence-corrected chi connectivity index (χ4v) is 2.12. The van der Waals surface area contributed by atoms with Crippen molar-refractivity contribution in [2.45, 2.75) is 39.5 Å². The summed E-state index contributed by atoms with van der Waals surface area (Å²) in [6.07, 6.45) is 3.55. The number of rotatable bonds is 8. The summed E-state index contributed by atoms with van der Waals surface area (Å²) in [7, 11) is 0. The number of aliphatic hydroxyl groups is 1. The second-order valence-corrected chi connectivity index (χ2v) is 5.87. The number of aliphatic hydroxyl groups excluding tert-OH is 1. The van der Waals surface area contributed by atoms with E-state index in [2.05, 4.69) is 19.2 Å². The summed E-state index contributed by atoms with van der Waals surface area (Å²) in [4.78, 5) is 11.7. The van der Waals surface area contributed by atoms with E-state index in [4.69, 9.17) is 10.8 Å². The van der Waals surface area contributed by atoms with E-state index in [-0.39, 0.29) is 23.8 Å². The van der Waals surface area contributed by atoms with Gasteiger partial charge >= 0.3 is 0 Å². The van der Waals surface area contributed by atoms with Gasteiger partial charge < -0.3 is 16.2 Å². The highest BCUT2D eigenvalue weighted by atomic mass is 16.3. The third kappa shape index (κ3) is 5.04. The molecule has 0 radical (unpaired) electrons. The van der Waals surface area contributed by atoms with Gasteiger partial charge in [0.05, 0.1) is 6.61 Å². The topological polar surface area (TPSA) is 75.4 Å². The zero-order valence-electron chi connectivity index (χ0n) is 11.0. The fraction of sp³-hybridized carbons (Fsp3) is 0.923. The zero-order chi connectivity index (χ0) is 12.9. The number of carbonyl (C=O) groups excluding carboxylic acids is 1. The molecule has 0 aromatic rings. The van der Waals surface area contributed by atoms with Crippen LogP contribution in [0, 0.1) is 17.3 Å². The first kappa shape index (κ1) is 14.5. The molecule has 0 saturated heterocycles. The van der Waals surface area contributed by atoms with Gasteiger partial charge in [-0.05, 0) is 37.6 Å². The molecule has 0 unspecified atom stereocenters. The number of nitrogens with two attached hydrogens (primary N) is 1. The van der Waals surface area contributed by atoms with Crippen LogP contribution >= 0.6 is 0 Å². The van der Waals surface area contributed by atoms with Crippen LogP contribution in [0.15, 0.2) is 0 Å². The molecular weight excluding hydrogens is 216 g/mol. The minimum atomic E-state index is -0.00802. The van der Waals surface area contributed by atoms with Crippen molar-refractivity contribution in [3.05, 3.63) is 0 Å². The molecule has 1 atom stereocenters. The van der Waals surface area contributed by atoms with Gasteiger partial charge in [-0.25, -0.2) is 0 Å². The molecule has 1 saturated carbocycles. The number of carbonyl (C=O) groups is 1. The SMILES string of the molecule is CC(C)C[C@H](CN)CC(=O)NCC1(CO)CC1. The van der Waals surface area contributed by atoms with Gasteiger partial charge in [-0.3, -0.25) is 4.79 Å². The van der Waals surface area contributed by atoms with Crippen LogP contribution in [0.25, 0.3) is 0 Å². The number of hydrogen-bond donors (Lipinski definition) is 3. The lowest BCUT2D eigenvalue weighted by Crippen LogP contribution is -2.34. The van der Waals surface area contributed by atoms with Crippen molar-refractivity contribution in [2.24, 2.45) is 23.0 Å². The maximum Gasteiger partial charge on any atom is 0.220 e. The Hall–Kier alpha value is -0.610. The Kier molecular flexibility index (Phi) is 5.40. The largest absolute Gasteiger partial charge is 0.396 e. The van der Waals surface area contributed by atoms with Crippen LogP contribution < -0.4 is 11.1 Å². The Morgan fingerprint density at radius 3 is 2.53 bits per heavy atom. The summed E-state index contributed by atoms with van der Waals surface area (Å²) in [6, 6.07) is 0. The number of hydrogen-bond acceptors (Lipinski definition) is 3. The van der Waals surface area contributed by atoms with Crippen molar-refractivity contribution in [1.29, 1.82) is 0 Å². The second kappa shape index (κ2) is 6.36. The fourth-order valence-electron chi connectivity index (χ4n) is 2.12. The average molecular weight is 242 g/mol. The van der Waals surface area contributed by atoms with E-state index < -0.39 is 0 Å². The van der Waals surface area contributed by atoms with Crippen molar-refractivity contribution >= 4 is 5.91 Å². The van der Waals surface area contributed by atoms with Crippen molar-refractivity contribution in [3.8, 4) is 0 Å². The first-order valence-corrected chi connectivity index (χ1v) is 6.59. The normalized spacial score (nSPS) is 19.1. The standard InChI is InChI=1S/C13H26N2O2/c1-10(2)5-11(7-14)6-12(17)15-8-13(9-16)3-4-13/h10-11,16H,3-9,14H2,1-2H3,(H,15,17)/t11-/m0/s1. The predicted octanol–water partition coefficient (Wildman–Crippen LogP) is 0.886. The molecule has 1 rings (SSSR count). The van der Waals surface area contributed by atoms with E-state index in [0.717, 1.165) is 19.3 Å². The Labute approximate surface area is 104 Å². The van der Waals surface area contributed by atoms with Gasteiger partial charge in [0, 0.05) is 18.4 Å². The number of nitrogens with one attached hydrogen (secondary N) is 1. The van der Waals surface area contributed by atoms with E-state index in [1.807, 2.05) is 0 Å². The van der Waals surface area contributed by atoms with E-state index in [9.17, 15) is 4.79 Å². The van der Waals surface area contributed by atoms with Gasteiger partial charge in [-0.15, -0.1) is 0 Å². The lowest BCUT2D eigenvalue weighted by Gasteiger charge is -2.18. The molecule has 4 heteroatoms. The molecular formula is C13H26N2O2. The van der Waals surface area contributed by atoms with E-state index in [0.29, 0.717) is 25.4 Å². The van der Waals surface area contributed by atoms with Crippen LogP contribution in [0.5, 0.6) is 0 Å². The maximum absolute atomic E-state index is 11.7. The Bertz CT molecular complexity index is 250. The van der Waals surface area contributed by atoms with Crippen molar-refractivity contribution < 1.29 is 9.90 Å². The monoisotopic (exact) mass is 242 g/mol. The molecule has 4 nitrogen and oxygen atoms in total. The smallest absolute Gasteiger partial charge is 0.220 e. The molecule has 1 aliphatic carbocycles. The molecule has 0 aliphatic heterocycles. The van der Waals surface area contributed by atoms with Gasteiger partial charge in [0.15, 0.2) is 0 Å². The predicted molar refractivity (Wildman–Crippen MR) is 68.4 cm³/mol. The van der Waals surface area contributed by atoms with Gasteiger partial charge in [0.1, 0.15) is 0 Å². The van der Waals surface area contributed by atoms with Crippen LogP contribution in [0.4, 0.5) is 0 Å². The zero-order valence-corrected chi connectivity index (χ0v) is 11.0. The van der Waals surface area contributed by atoms with Crippen LogP contribution in [0.2, 0.25) is 0 Å². The Balaban J connectivity index is 2.23. The summed E-state index contributed by atoms with van der Waals surface area (Å²) >= 11 is 0. The second-order valence-electron chi connectivity index (χ2n) is 5.87. The molecule has 1 fully saturated rings. The molecule has 0 aromatic heterocycles. The summed E-state index contributed by atoms with van der Waals surface area (Å²) in [6.45, 7) is 5.65. The van der Waals surface area contributed by atoms with Crippen LogP contribution in [-0.2, 0) is 4.79 Å². The van der Waals surface area contributed by atoms with E-state index in [1.54, 1.807) is 0 Å². The van der Waals surface area contributed by atoms with E-state index >= 15 is 0 Å². The first-order chi connectivity index (χ1) is 8.01. The minimum Gasteiger partial charge on any atom is -0.396 e. The van der Waals surface area contributed by atoms with Crippen molar-refractivity contribution in [1.82, 2.24) is 5.32 Å². The van der Waals surface area contributed by atoms with Crippen LogP contribution in [0.3, 0.4) is 0 Å².